The van der Waals surface area contributed by atoms with Gasteiger partial charge < -0.3 is 4.42 Å². The minimum Gasteiger partial charge on any atom is -0.455 e. The molecule has 3 heterocycles. The molecular weight excluding hydrogens is 360 g/mol. The Bertz CT molecular complexity index is 1510. The van der Waals surface area contributed by atoms with Crippen molar-refractivity contribution in [2.24, 2.45) is 0 Å². The highest BCUT2D eigenvalue weighted by Crippen LogP contribution is 2.38. The van der Waals surface area contributed by atoms with Crippen LogP contribution in [0.2, 0.25) is 0 Å². The van der Waals surface area contributed by atoms with E-state index in [1.807, 2.05) is 59.2 Å². The van der Waals surface area contributed by atoms with E-state index in [1.54, 1.807) is 6.20 Å². The number of hydrogen-bond acceptors (Lipinski definition) is 4. The molecule has 5 heteroatoms. The van der Waals surface area contributed by atoms with E-state index in [4.69, 9.17) is 9.40 Å². The third-order valence-corrected chi connectivity index (χ3v) is 5.32. The van der Waals surface area contributed by atoms with Crippen molar-refractivity contribution in [1.29, 1.82) is 0 Å². The van der Waals surface area contributed by atoms with Crippen molar-refractivity contribution >= 4 is 33.1 Å². The molecule has 6 aromatic rings. The highest BCUT2D eigenvalue weighted by atomic mass is 16.3. The molecule has 5 nitrogen and oxygen atoms in total. The highest BCUT2D eigenvalue weighted by Gasteiger charge is 2.21. The second-order valence-electron chi connectivity index (χ2n) is 7.08. The van der Waals surface area contributed by atoms with Crippen LogP contribution < -0.4 is 0 Å². The average Bonchev–Trinajstić information content (AvgIpc) is 3.34. The van der Waals surface area contributed by atoms with E-state index in [-0.39, 0.29) is 0 Å². The van der Waals surface area contributed by atoms with Crippen LogP contribution in [0.25, 0.3) is 50.2 Å². The monoisotopic (exact) mass is 376 g/mol. The summed E-state index contributed by atoms with van der Waals surface area (Å²) in [6.45, 7) is 2.11. The Morgan fingerprint density at radius 2 is 1.69 bits per heavy atom. The molecule has 3 aromatic heterocycles. The first-order valence-electron chi connectivity index (χ1n) is 9.48. The predicted molar refractivity (Wildman–Crippen MR) is 114 cm³/mol. The van der Waals surface area contributed by atoms with Crippen molar-refractivity contribution < 1.29 is 4.42 Å². The summed E-state index contributed by atoms with van der Waals surface area (Å²) in [4.78, 5) is 4.91. The van der Waals surface area contributed by atoms with Gasteiger partial charge in [-0.25, -0.2) is 4.98 Å². The molecule has 6 rings (SSSR count). The smallest absolute Gasteiger partial charge is 0.187 e. The lowest BCUT2D eigenvalue weighted by molar-refractivity contribution is 0.669. The molecule has 0 aliphatic rings. The third kappa shape index (κ3) is 2.31. The van der Waals surface area contributed by atoms with Gasteiger partial charge >= 0.3 is 0 Å². The summed E-state index contributed by atoms with van der Waals surface area (Å²) in [5, 5.41) is 10.7. The number of imidazole rings is 1. The molecule has 0 aliphatic carbocycles. The Labute approximate surface area is 166 Å². The summed E-state index contributed by atoms with van der Waals surface area (Å²) in [6.07, 6.45) is 1.67. The summed E-state index contributed by atoms with van der Waals surface area (Å²) < 4.78 is 8.36. The molecule has 0 N–H and O–H groups in total. The number of para-hydroxylation sites is 2. The standard InChI is InChI=1S/C24H16N4O/c1-15-11-12-18(22-21(15)17-9-5-6-10-20(17)29-22)23-26-19-13-14-25-27-24(19)28(23)16-7-3-2-4-8-16/h2-14H,1H3. The van der Waals surface area contributed by atoms with Crippen molar-refractivity contribution in [3.8, 4) is 17.1 Å². The van der Waals surface area contributed by atoms with Gasteiger partial charge in [-0.2, -0.15) is 5.10 Å². The normalized spacial score (nSPS) is 11.6. The Morgan fingerprint density at radius 3 is 2.59 bits per heavy atom. The van der Waals surface area contributed by atoms with Crippen molar-refractivity contribution in [2.45, 2.75) is 6.92 Å². The molecule has 0 fully saturated rings. The molecule has 3 aromatic carbocycles. The van der Waals surface area contributed by atoms with Gasteiger partial charge in [0.1, 0.15) is 16.7 Å². The van der Waals surface area contributed by atoms with Gasteiger partial charge in [-0.3, -0.25) is 4.57 Å². The number of hydrogen-bond donors (Lipinski definition) is 0. The second-order valence-corrected chi connectivity index (χ2v) is 7.08. The van der Waals surface area contributed by atoms with E-state index in [9.17, 15) is 0 Å². The predicted octanol–water partition coefficient (Wildman–Crippen LogP) is 5.69. The number of aromatic nitrogens is 4. The first-order chi connectivity index (χ1) is 14.3. The first kappa shape index (κ1) is 16.0. The number of nitrogens with zero attached hydrogens (tertiary/aromatic N) is 4. The maximum atomic E-state index is 6.32. The number of aryl methyl sites for hydroxylation is 1. The van der Waals surface area contributed by atoms with Crippen LogP contribution in [0.15, 0.2) is 83.4 Å². The Hall–Kier alpha value is -3.99. The van der Waals surface area contributed by atoms with Crippen molar-refractivity contribution in [2.75, 3.05) is 0 Å². The molecule has 0 unspecified atom stereocenters. The van der Waals surface area contributed by atoms with Gasteiger partial charge in [-0.15, -0.1) is 5.10 Å². The largest absolute Gasteiger partial charge is 0.455 e. The maximum absolute atomic E-state index is 6.32. The summed E-state index contributed by atoms with van der Waals surface area (Å²) in [5.74, 6) is 0.788. The van der Waals surface area contributed by atoms with E-state index < -0.39 is 0 Å². The van der Waals surface area contributed by atoms with Gasteiger partial charge in [0.15, 0.2) is 11.5 Å². The van der Waals surface area contributed by atoms with Gasteiger partial charge in [0, 0.05) is 16.5 Å². The molecule has 0 radical (unpaired) electrons. The summed E-state index contributed by atoms with van der Waals surface area (Å²) in [5.41, 5.74) is 6.32. The Balaban J connectivity index is 1.76. The lowest BCUT2D eigenvalue weighted by Crippen LogP contribution is -1.99. The SMILES string of the molecule is Cc1ccc(-c2nc3ccnnc3n2-c2ccccc2)c2oc3ccccc3c12. The highest BCUT2D eigenvalue weighted by molar-refractivity contribution is 6.11. The van der Waals surface area contributed by atoms with Crippen LogP contribution in [0.4, 0.5) is 0 Å². The zero-order valence-corrected chi connectivity index (χ0v) is 15.7. The number of benzene rings is 3. The van der Waals surface area contributed by atoms with Crippen LogP contribution in [0, 0.1) is 6.92 Å². The van der Waals surface area contributed by atoms with E-state index in [1.165, 1.54) is 5.56 Å². The summed E-state index contributed by atoms with van der Waals surface area (Å²) in [6, 6.07) is 24.3. The minimum atomic E-state index is 0.721. The molecule has 0 saturated carbocycles. The molecule has 29 heavy (non-hydrogen) atoms. The van der Waals surface area contributed by atoms with Crippen molar-refractivity contribution in [3.63, 3.8) is 0 Å². The second kappa shape index (κ2) is 6.01. The first-order valence-corrected chi connectivity index (χ1v) is 9.48. The fourth-order valence-electron chi connectivity index (χ4n) is 4.00. The molecule has 0 saturated heterocycles. The minimum absolute atomic E-state index is 0.721. The Morgan fingerprint density at radius 1 is 0.862 bits per heavy atom. The zero-order chi connectivity index (χ0) is 19.4. The van der Waals surface area contributed by atoms with Gasteiger partial charge in [-0.05, 0) is 42.8 Å². The number of rotatable bonds is 2. The van der Waals surface area contributed by atoms with Crippen LogP contribution in [-0.2, 0) is 0 Å². The zero-order valence-electron chi connectivity index (χ0n) is 15.7. The van der Waals surface area contributed by atoms with Gasteiger partial charge in [-0.1, -0.05) is 42.5 Å². The fourth-order valence-corrected chi connectivity index (χ4v) is 4.00. The quantitative estimate of drug-likeness (QED) is 0.389. The molecule has 0 aliphatic heterocycles. The van der Waals surface area contributed by atoms with Gasteiger partial charge in [0.05, 0.1) is 11.8 Å². The molecule has 0 spiro atoms. The van der Waals surface area contributed by atoms with Gasteiger partial charge in [0.2, 0.25) is 0 Å². The topological polar surface area (TPSA) is 56.7 Å². The molecule has 0 bridgehead atoms. The summed E-state index contributed by atoms with van der Waals surface area (Å²) >= 11 is 0. The van der Waals surface area contributed by atoms with Crippen LogP contribution in [-0.4, -0.2) is 19.7 Å². The molecule has 0 amide bonds. The van der Waals surface area contributed by atoms with Crippen molar-refractivity contribution in [3.05, 3.63) is 84.6 Å². The lowest BCUT2D eigenvalue weighted by atomic mass is 10.0. The van der Waals surface area contributed by atoms with E-state index in [0.29, 0.717) is 0 Å². The van der Waals surface area contributed by atoms with Gasteiger partial charge in [0.25, 0.3) is 0 Å². The molecule has 138 valence electrons. The van der Waals surface area contributed by atoms with Crippen LogP contribution in [0.1, 0.15) is 5.56 Å². The van der Waals surface area contributed by atoms with Crippen LogP contribution >= 0.6 is 0 Å². The lowest BCUT2D eigenvalue weighted by Gasteiger charge is -2.09. The third-order valence-electron chi connectivity index (χ3n) is 5.32. The van der Waals surface area contributed by atoms with Crippen LogP contribution in [0.5, 0.6) is 0 Å². The van der Waals surface area contributed by atoms with E-state index in [2.05, 4.69) is 35.3 Å². The van der Waals surface area contributed by atoms with E-state index in [0.717, 1.165) is 50.2 Å². The maximum Gasteiger partial charge on any atom is 0.187 e. The molecule has 0 atom stereocenters. The number of furan rings is 1. The van der Waals surface area contributed by atoms with Crippen molar-refractivity contribution in [1.82, 2.24) is 19.7 Å². The average molecular weight is 376 g/mol. The fraction of sp³-hybridized carbons (Fsp3) is 0.0417. The van der Waals surface area contributed by atoms with E-state index >= 15 is 0 Å². The summed E-state index contributed by atoms with van der Waals surface area (Å²) in [7, 11) is 0. The number of fused-ring (bicyclic) bond motifs is 4. The van der Waals surface area contributed by atoms with Crippen LogP contribution in [0.3, 0.4) is 0 Å². The molecular formula is C24H16N4O. The Kier molecular flexibility index (Phi) is 3.32.